The second-order valence-corrected chi connectivity index (χ2v) is 3.17. The average Bonchev–Trinajstić information content (AvgIpc) is 2.21. The predicted molar refractivity (Wildman–Crippen MR) is 52.4 cm³/mol. The van der Waals surface area contributed by atoms with E-state index in [1.807, 2.05) is 0 Å². The van der Waals surface area contributed by atoms with E-state index < -0.39 is 5.82 Å². The highest BCUT2D eigenvalue weighted by molar-refractivity contribution is 5.84. The third-order valence-corrected chi connectivity index (χ3v) is 2.08. The van der Waals surface area contributed by atoms with Gasteiger partial charge >= 0.3 is 0 Å². The molecule has 2 aromatic rings. The lowest BCUT2D eigenvalue weighted by Gasteiger charge is -2.00. The van der Waals surface area contributed by atoms with Crippen LogP contribution in [-0.2, 0) is 0 Å². The van der Waals surface area contributed by atoms with Gasteiger partial charge in [0.15, 0.2) is 5.82 Å². The number of H-pyrrole nitrogens is 1. The zero-order chi connectivity index (χ0) is 11.0. The number of halogens is 1. The van der Waals surface area contributed by atoms with E-state index in [0.717, 1.165) is 6.07 Å². The van der Waals surface area contributed by atoms with E-state index in [0.29, 0.717) is 6.29 Å². The van der Waals surface area contributed by atoms with Gasteiger partial charge in [-0.3, -0.25) is 9.59 Å². The molecule has 0 fully saturated rings. The van der Waals surface area contributed by atoms with Crippen molar-refractivity contribution in [2.45, 2.75) is 6.92 Å². The van der Waals surface area contributed by atoms with E-state index in [2.05, 4.69) is 9.97 Å². The van der Waals surface area contributed by atoms with Gasteiger partial charge in [-0.1, -0.05) is 0 Å². The molecule has 0 unspecified atom stereocenters. The quantitative estimate of drug-likeness (QED) is 0.712. The van der Waals surface area contributed by atoms with Crippen LogP contribution in [0.3, 0.4) is 0 Å². The van der Waals surface area contributed by atoms with E-state index in [9.17, 15) is 14.0 Å². The SMILES string of the molecule is Cc1nc2c(F)cc(C=O)cc2[nH]c1=O. The Morgan fingerprint density at radius 3 is 2.87 bits per heavy atom. The smallest absolute Gasteiger partial charge is 0.269 e. The maximum Gasteiger partial charge on any atom is 0.269 e. The van der Waals surface area contributed by atoms with Crippen molar-refractivity contribution in [3.63, 3.8) is 0 Å². The van der Waals surface area contributed by atoms with Crippen LogP contribution in [0.2, 0.25) is 0 Å². The first-order chi connectivity index (χ1) is 7.11. The van der Waals surface area contributed by atoms with Crippen molar-refractivity contribution in [2.24, 2.45) is 0 Å². The second kappa shape index (κ2) is 3.27. The van der Waals surface area contributed by atoms with Gasteiger partial charge in [0.25, 0.3) is 5.56 Å². The number of hydrogen-bond acceptors (Lipinski definition) is 3. The summed E-state index contributed by atoms with van der Waals surface area (Å²) in [6.45, 7) is 1.49. The summed E-state index contributed by atoms with van der Waals surface area (Å²) in [6, 6.07) is 2.47. The summed E-state index contributed by atoms with van der Waals surface area (Å²) in [6.07, 6.45) is 0.515. The van der Waals surface area contributed by atoms with Gasteiger partial charge in [-0.05, 0) is 19.1 Å². The number of benzene rings is 1. The molecule has 0 radical (unpaired) electrons. The number of nitrogens with zero attached hydrogens (tertiary/aromatic N) is 1. The minimum absolute atomic E-state index is 0.0673. The molecule has 0 saturated carbocycles. The van der Waals surface area contributed by atoms with Crippen molar-refractivity contribution in [3.8, 4) is 0 Å². The molecule has 0 spiro atoms. The molecule has 4 nitrogen and oxygen atoms in total. The van der Waals surface area contributed by atoms with Gasteiger partial charge in [-0.15, -0.1) is 0 Å². The average molecular weight is 206 g/mol. The van der Waals surface area contributed by atoms with Crippen molar-refractivity contribution < 1.29 is 9.18 Å². The molecule has 15 heavy (non-hydrogen) atoms. The van der Waals surface area contributed by atoms with Crippen LogP contribution in [-0.4, -0.2) is 16.3 Å². The minimum atomic E-state index is -0.617. The minimum Gasteiger partial charge on any atom is -0.319 e. The van der Waals surface area contributed by atoms with Crippen molar-refractivity contribution in [3.05, 3.63) is 39.6 Å². The van der Waals surface area contributed by atoms with Gasteiger partial charge in [0.1, 0.15) is 17.5 Å². The molecule has 2 rings (SSSR count). The molecular weight excluding hydrogens is 199 g/mol. The molecule has 0 aliphatic carbocycles. The number of hydrogen-bond donors (Lipinski definition) is 1. The molecule has 0 aliphatic heterocycles. The Morgan fingerprint density at radius 2 is 2.20 bits per heavy atom. The summed E-state index contributed by atoms with van der Waals surface area (Å²) in [5, 5.41) is 0. The van der Waals surface area contributed by atoms with E-state index in [4.69, 9.17) is 0 Å². The summed E-state index contributed by atoms with van der Waals surface area (Å²) in [5.74, 6) is -0.617. The molecule has 0 aliphatic rings. The number of rotatable bonds is 1. The van der Waals surface area contributed by atoms with Crippen LogP contribution in [0, 0.1) is 12.7 Å². The summed E-state index contributed by atoms with van der Waals surface area (Å²) < 4.78 is 13.4. The highest BCUT2D eigenvalue weighted by Crippen LogP contribution is 2.14. The Bertz CT molecular complexity index is 604. The van der Waals surface area contributed by atoms with Gasteiger partial charge < -0.3 is 4.98 Å². The number of carbonyl (C=O) groups excluding carboxylic acids is 1. The predicted octanol–water partition coefficient (Wildman–Crippen LogP) is 1.18. The third-order valence-electron chi connectivity index (χ3n) is 2.08. The van der Waals surface area contributed by atoms with Gasteiger partial charge in [-0.2, -0.15) is 0 Å². The zero-order valence-electron chi connectivity index (χ0n) is 7.87. The Morgan fingerprint density at radius 1 is 1.47 bits per heavy atom. The number of fused-ring (bicyclic) bond motifs is 1. The topological polar surface area (TPSA) is 62.8 Å². The first-order valence-corrected chi connectivity index (χ1v) is 4.27. The Hall–Kier alpha value is -2.04. The van der Waals surface area contributed by atoms with E-state index in [-0.39, 0.29) is 27.9 Å². The largest absolute Gasteiger partial charge is 0.319 e. The lowest BCUT2D eigenvalue weighted by Crippen LogP contribution is -2.12. The highest BCUT2D eigenvalue weighted by Gasteiger charge is 2.07. The van der Waals surface area contributed by atoms with Crippen LogP contribution < -0.4 is 5.56 Å². The number of aldehydes is 1. The zero-order valence-corrected chi connectivity index (χ0v) is 7.87. The first kappa shape index (κ1) is 9.51. The van der Waals surface area contributed by atoms with Crippen molar-refractivity contribution in [2.75, 3.05) is 0 Å². The molecule has 76 valence electrons. The van der Waals surface area contributed by atoms with Crippen molar-refractivity contribution >= 4 is 17.3 Å². The molecule has 1 aromatic carbocycles. The summed E-state index contributed by atoms with van der Waals surface area (Å²) >= 11 is 0. The summed E-state index contributed by atoms with van der Waals surface area (Å²) in [7, 11) is 0. The van der Waals surface area contributed by atoms with Crippen LogP contribution >= 0.6 is 0 Å². The Labute approximate surface area is 83.8 Å². The van der Waals surface area contributed by atoms with Crippen molar-refractivity contribution in [1.82, 2.24) is 9.97 Å². The first-order valence-electron chi connectivity index (χ1n) is 4.27. The number of nitrogens with one attached hydrogen (secondary N) is 1. The number of aryl methyl sites for hydroxylation is 1. The van der Waals surface area contributed by atoms with Crippen LogP contribution in [0.15, 0.2) is 16.9 Å². The molecule has 0 saturated heterocycles. The van der Waals surface area contributed by atoms with Gasteiger partial charge in [0.05, 0.1) is 5.52 Å². The summed E-state index contributed by atoms with van der Waals surface area (Å²) in [4.78, 5) is 28.0. The van der Waals surface area contributed by atoms with Gasteiger partial charge in [0.2, 0.25) is 0 Å². The molecule has 1 N–H and O–H groups in total. The molecule has 5 heteroatoms. The van der Waals surface area contributed by atoms with Gasteiger partial charge in [-0.25, -0.2) is 9.37 Å². The number of aromatic nitrogens is 2. The van der Waals surface area contributed by atoms with Gasteiger partial charge in [0, 0.05) is 5.56 Å². The second-order valence-electron chi connectivity index (χ2n) is 3.17. The van der Waals surface area contributed by atoms with E-state index in [1.54, 1.807) is 0 Å². The Kier molecular flexibility index (Phi) is 2.07. The maximum absolute atomic E-state index is 13.4. The fourth-order valence-corrected chi connectivity index (χ4v) is 1.33. The van der Waals surface area contributed by atoms with Crippen LogP contribution in [0.4, 0.5) is 4.39 Å². The number of carbonyl (C=O) groups is 1. The lowest BCUT2D eigenvalue weighted by atomic mass is 10.2. The van der Waals surface area contributed by atoms with Crippen molar-refractivity contribution in [1.29, 1.82) is 0 Å². The normalized spacial score (nSPS) is 10.5. The number of aromatic amines is 1. The van der Waals surface area contributed by atoms with Crippen LogP contribution in [0.25, 0.3) is 11.0 Å². The molecular formula is C10H7FN2O2. The molecule has 1 heterocycles. The molecule has 1 aromatic heterocycles. The molecule has 0 amide bonds. The van der Waals surface area contributed by atoms with Crippen LogP contribution in [0.5, 0.6) is 0 Å². The van der Waals surface area contributed by atoms with E-state index in [1.165, 1.54) is 13.0 Å². The fraction of sp³-hybridized carbons (Fsp3) is 0.100. The highest BCUT2D eigenvalue weighted by atomic mass is 19.1. The maximum atomic E-state index is 13.4. The van der Waals surface area contributed by atoms with E-state index >= 15 is 0 Å². The monoisotopic (exact) mass is 206 g/mol. The summed E-state index contributed by atoms with van der Waals surface area (Å²) in [5.41, 5.74) is 0.275. The third kappa shape index (κ3) is 1.52. The Balaban J connectivity index is 2.92. The lowest BCUT2D eigenvalue weighted by molar-refractivity contribution is 0.112. The molecule has 0 atom stereocenters. The fourth-order valence-electron chi connectivity index (χ4n) is 1.33. The molecule has 0 bridgehead atoms. The standard InChI is InChI=1S/C10H7FN2O2/c1-5-10(15)13-8-3-6(4-14)2-7(11)9(8)12-5/h2-4H,1H3,(H,13,15). The van der Waals surface area contributed by atoms with Crippen LogP contribution in [0.1, 0.15) is 16.1 Å².